The van der Waals surface area contributed by atoms with E-state index in [1.54, 1.807) is 0 Å². The Bertz CT molecular complexity index is 212. The molecule has 0 aromatic heterocycles. The first-order valence-corrected chi connectivity index (χ1v) is 7.42. The highest BCUT2D eigenvalue weighted by atomic mass is 79.9. The van der Waals surface area contributed by atoms with Crippen molar-refractivity contribution in [3.05, 3.63) is 0 Å². The number of hydrogen-bond donors (Lipinski definition) is 1. The van der Waals surface area contributed by atoms with Gasteiger partial charge >= 0.3 is 0 Å². The molecule has 0 aromatic carbocycles. The highest BCUT2D eigenvalue weighted by Crippen LogP contribution is 2.26. The number of nitrogens with one attached hydrogen (secondary N) is 1. The normalized spacial score (nSPS) is 19.8. The summed E-state index contributed by atoms with van der Waals surface area (Å²) in [6.45, 7) is 5.07. The molecule has 16 heavy (non-hydrogen) atoms. The summed E-state index contributed by atoms with van der Waals surface area (Å²) < 4.78 is 0. The Morgan fingerprint density at radius 3 is 2.50 bits per heavy atom. The van der Waals surface area contributed by atoms with Crippen LogP contribution < -0.4 is 5.32 Å². The molecule has 1 atom stereocenters. The van der Waals surface area contributed by atoms with Crippen molar-refractivity contribution in [2.45, 2.75) is 57.2 Å². The maximum atomic E-state index is 11.7. The van der Waals surface area contributed by atoms with Crippen LogP contribution in [0, 0.1) is 11.8 Å². The smallest absolute Gasteiger partial charge is 0.220 e. The van der Waals surface area contributed by atoms with E-state index in [0.717, 1.165) is 13.0 Å². The number of alkyl halides is 1. The molecular formula is C13H24BrNO. The van der Waals surface area contributed by atoms with Gasteiger partial charge in [-0.3, -0.25) is 4.79 Å². The van der Waals surface area contributed by atoms with E-state index in [1.807, 2.05) is 0 Å². The van der Waals surface area contributed by atoms with Gasteiger partial charge in [0.05, 0.1) is 0 Å². The summed E-state index contributed by atoms with van der Waals surface area (Å²) >= 11 is 3.58. The predicted molar refractivity (Wildman–Crippen MR) is 71.8 cm³/mol. The highest BCUT2D eigenvalue weighted by Gasteiger charge is 2.17. The maximum Gasteiger partial charge on any atom is 0.220 e. The van der Waals surface area contributed by atoms with Crippen molar-refractivity contribution in [3.63, 3.8) is 0 Å². The van der Waals surface area contributed by atoms with Gasteiger partial charge in [0, 0.05) is 17.8 Å². The van der Waals surface area contributed by atoms with Crippen LogP contribution >= 0.6 is 15.9 Å². The second kappa shape index (κ2) is 7.31. The summed E-state index contributed by atoms with van der Waals surface area (Å²) in [5.74, 6) is 1.44. The molecule has 0 aromatic rings. The summed E-state index contributed by atoms with van der Waals surface area (Å²) in [5, 5.41) is 3.03. The number of hydrogen-bond acceptors (Lipinski definition) is 1. The third kappa shape index (κ3) is 5.33. The Morgan fingerprint density at radius 2 is 1.94 bits per heavy atom. The van der Waals surface area contributed by atoms with Gasteiger partial charge in [-0.2, -0.15) is 0 Å². The fraction of sp³-hybridized carbons (Fsp3) is 0.923. The average Bonchev–Trinajstić information content (AvgIpc) is 2.27. The van der Waals surface area contributed by atoms with E-state index < -0.39 is 0 Å². The molecule has 0 spiro atoms. The van der Waals surface area contributed by atoms with E-state index in [2.05, 4.69) is 35.1 Å². The minimum absolute atomic E-state index is 0.233. The predicted octanol–water partition coefficient (Wildman–Crippen LogP) is 3.49. The third-order valence-electron chi connectivity index (χ3n) is 3.42. The molecule has 1 rings (SSSR count). The summed E-state index contributed by atoms with van der Waals surface area (Å²) in [7, 11) is 0. The van der Waals surface area contributed by atoms with Crippen molar-refractivity contribution < 1.29 is 4.79 Å². The monoisotopic (exact) mass is 289 g/mol. The first-order valence-electron chi connectivity index (χ1n) is 6.50. The van der Waals surface area contributed by atoms with E-state index in [1.165, 1.54) is 32.1 Å². The van der Waals surface area contributed by atoms with Crippen LogP contribution in [0.15, 0.2) is 0 Å². The maximum absolute atomic E-state index is 11.7. The molecule has 2 nitrogen and oxygen atoms in total. The highest BCUT2D eigenvalue weighted by molar-refractivity contribution is 9.09. The van der Waals surface area contributed by atoms with E-state index in [-0.39, 0.29) is 5.91 Å². The fourth-order valence-electron chi connectivity index (χ4n) is 2.17. The first kappa shape index (κ1) is 14.0. The molecule has 0 heterocycles. The van der Waals surface area contributed by atoms with Gasteiger partial charge < -0.3 is 5.32 Å². The summed E-state index contributed by atoms with van der Waals surface area (Å²) in [4.78, 5) is 12.1. The van der Waals surface area contributed by atoms with Crippen LogP contribution in [-0.4, -0.2) is 17.3 Å². The van der Waals surface area contributed by atoms with E-state index in [4.69, 9.17) is 0 Å². The van der Waals surface area contributed by atoms with Crippen molar-refractivity contribution in [3.8, 4) is 0 Å². The lowest BCUT2D eigenvalue weighted by Crippen LogP contribution is -2.33. The summed E-state index contributed by atoms with van der Waals surface area (Å²) in [6, 6.07) is 0. The van der Waals surface area contributed by atoms with Crippen LogP contribution in [0.1, 0.15) is 52.4 Å². The Hall–Kier alpha value is -0.0500. The van der Waals surface area contributed by atoms with Crippen molar-refractivity contribution in [2.75, 3.05) is 6.54 Å². The molecule has 1 aliphatic rings. The molecule has 1 fully saturated rings. The third-order valence-corrected chi connectivity index (χ3v) is 4.80. The lowest BCUT2D eigenvalue weighted by Gasteiger charge is -2.21. The van der Waals surface area contributed by atoms with Crippen LogP contribution in [0.2, 0.25) is 0 Å². The molecule has 0 bridgehead atoms. The topological polar surface area (TPSA) is 29.1 Å². The zero-order chi connectivity index (χ0) is 12.0. The summed E-state index contributed by atoms with van der Waals surface area (Å²) in [5.41, 5.74) is 0. The molecule has 1 unspecified atom stereocenters. The standard InChI is InChI=1S/C13H24BrNO/c1-10(2)12(14)9-15-13(16)8-11-6-4-3-5-7-11/h10-12H,3-9H2,1-2H3,(H,15,16). The lowest BCUT2D eigenvalue weighted by atomic mass is 9.87. The van der Waals surface area contributed by atoms with Crippen LogP contribution in [0.5, 0.6) is 0 Å². The van der Waals surface area contributed by atoms with Gasteiger partial charge in [-0.15, -0.1) is 0 Å². The van der Waals surface area contributed by atoms with Crippen molar-refractivity contribution in [2.24, 2.45) is 11.8 Å². The van der Waals surface area contributed by atoms with Gasteiger partial charge in [-0.1, -0.05) is 49.0 Å². The fourth-order valence-corrected chi connectivity index (χ4v) is 2.33. The second-order valence-corrected chi connectivity index (χ2v) is 6.45. The quantitative estimate of drug-likeness (QED) is 0.772. The number of amides is 1. The van der Waals surface area contributed by atoms with Crippen molar-refractivity contribution in [1.29, 1.82) is 0 Å². The molecule has 0 radical (unpaired) electrons. The molecule has 94 valence electrons. The molecule has 1 aliphatic carbocycles. The zero-order valence-electron chi connectivity index (χ0n) is 10.5. The van der Waals surface area contributed by atoms with Gasteiger partial charge in [0.1, 0.15) is 0 Å². The Balaban J connectivity index is 2.14. The Morgan fingerprint density at radius 1 is 1.31 bits per heavy atom. The zero-order valence-corrected chi connectivity index (χ0v) is 12.1. The van der Waals surface area contributed by atoms with Crippen LogP contribution in [0.3, 0.4) is 0 Å². The Labute approximate surface area is 108 Å². The SMILES string of the molecule is CC(C)C(Br)CNC(=O)CC1CCCCC1. The van der Waals surface area contributed by atoms with Crippen LogP contribution in [0.4, 0.5) is 0 Å². The first-order chi connectivity index (χ1) is 7.59. The largest absolute Gasteiger partial charge is 0.355 e. The van der Waals surface area contributed by atoms with Gasteiger partial charge in [0.2, 0.25) is 5.91 Å². The summed E-state index contributed by atoms with van der Waals surface area (Å²) in [6.07, 6.45) is 7.20. The number of halogens is 1. The van der Waals surface area contributed by atoms with Crippen LogP contribution in [0.25, 0.3) is 0 Å². The minimum Gasteiger partial charge on any atom is -0.355 e. The second-order valence-electron chi connectivity index (χ2n) is 5.27. The molecule has 3 heteroatoms. The molecule has 1 N–H and O–H groups in total. The minimum atomic E-state index is 0.233. The van der Waals surface area contributed by atoms with Gasteiger partial charge in [-0.05, 0) is 24.7 Å². The van der Waals surface area contributed by atoms with Crippen molar-refractivity contribution >= 4 is 21.8 Å². The number of carbonyl (C=O) groups is 1. The van der Waals surface area contributed by atoms with E-state index >= 15 is 0 Å². The van der Waals surface area contributed by atoms with Gasteiger partial charge in [0.25, 0.3) is 0 Å². The number of carbonyl (C=O) groups excluding carboxylic acids is 1. The number of rotatable bonds is 5. The molecule has 1 amide bonds. The molecule has 1 saturated carbocycles. The van der Waals surface area contributed by atoms with E-state index in [0.29, 0.717) is 16.7 Å². The van der Waals surface area contributed by atoms with Gasteiger partial charge in [-0.25, -0.2) is 0 Å². The molecule has 0 aliphatic heterocycles. The van der Waals surface area contributed by atoms with Crippen molar-refractivity contribution in [1.82, 2.24) is 5.32 Å². The van der Waals surface area contributed by atoms with Gasteiger partial charge in [0.15, 0.2) is 0 Å². The molecular weight excluding hydrogens is 266 g/mol. The average molecular weight is 290 g/mol. The lowest BCUT2D eigenvalue weighted by molar-refractivity contribution is -0.122. The Kier molecular flexibility index (Phi) is 6.40. The van der Waals surface area contributed by atoms with E-state index in [9.17, 15) is 4.79 Å². The van der Waals surface area contributed by atoms with Crippen LogP contribution in [-0.2, 0) is 4.79 Å². The molecule has 0 saturated heterocycles.